The van der Waals surface area contributed by atoms with Crippen molar-refractivity contribution in [2.24, 2.45) is 11.7 Å². The first kappa shape index (κ1) is 8.34. The topological polar surface area (TPSA) is 39.2 Å². The van der Waals surface area contributed by atoms with Crippen LogP contribution in [-0.4, -0.2) is 6.54 Å². The minimum absolute atomic E-state index is 0.571. The van der Waals surface area contributed by atoms with Gasteiger partial charge in [0.2, 0.25) is 0 Å². The van der Waals surface area contributed by atoms with Gasteiger partial charge in [0.1, 0.15) is 5.76 Å². The summed E-state index contributed by atoms with van der Waals surface area (Å²) in [5.74, 6) is 1.61. The van der Waals surface area contributed by atoms with E-state index >= 15 is 0 Å². The first-order valence-corrected chi connectivity index (χ1v) is 4.09. The van der Waals surface area contributed by atoms with Crippen LogP contribution in [0.15, 0.2) is 22.8 Å². The zero-order chi connectivity index (χ0) is 8.10. The highest BCUT2D eigenvalue weighted by Crippen LogP contribution is 2.10. The van der Waals surface area contributed by atoms with Gasteiger partial charge in [-0.2, -0.15) is 0 Å². The van der Waals surface area contributed by atoms with Crippen LogP contribution in [0.25, 0.3) is 0 Å². The highest BCUT2D eigenvalue weighted by atomic mass is 16.3. The maximum Gasteiger partial charge on any atom is 0.104 e. The molecule has 0 bridgehead atoms. The van der Waals surface area contributed by atoms with Crippen molar-refractivity contribution in [1.82, 2.24) is 0 Å². The predicted octanol–water partition coefficient (Wildman–Crippen LogP) is 1.81. The molecule has 0 unspecified atom stereocenters. The monoisotopic (exact) mass is 153 g/mol. The Hall–Kier alpha value is -0.760. The summed E-state index contributed by atoms with van der Waals surface area (Å²) in [6.07, 6.45) is 3.80. The van der Waals surface area contributed by atoms with Crippen molar-refractivity contribution < 1.29 is 4.42 Å². The van der Waals surface area contributed by atoms with Gasteiger partial charge in [0.25, 0.3) is 0 Å². The summed E-state index contributed by atoms with van der Waals surface area (Å²) in [5, 5.41) is 0. The molecule has 0 radical (unpaired) electrons. The van der Waals surface area contributed by atoms with Crippen LogP contribution in [0.5, 0.6) is 0 Å². The van der Waals surface area contributed by atoms with Gasteiger partial charge in [-0.05, 0) is 24.6 Å². The zero-order valence-corrected chi connectivity index (χ0v) is 6.92. The van der Waals surface area contributed by atoms with E-state index in [1.807, 2.05) is 12.1 Å². The van der Waals surface area contributed by atoms with Gasteiger partial charge in [-0.25, -0.2) is 0 Å². The molecule has 0 amide bonds. The molecular formula is C9H15NO. The van der Waals surface area contributed by atoms with E-state index in [0.717, 1.165) is 25.1 Å². The second kappa shape index (κ2) is 4.19. The quantitative estimate of drug-likeness (QED) is 0.716. The third kappa shape index (κ3) is 2.39. The molecule has 1 atom stereocenters. The fourth-order valence-corrected chi connectivity index (χ4v) is 1.11. The van der Waals surface area contributed by atoms with Crippen LogP contribution in [-0.2, 0) is 6.42 Å². The smallest absolute Gasteiger partial charge is 0.104 e. The minimum atomic E-state index is 0.571. The largest absolute Gasteiger partial charge is 0.469 e. The Morgan fingerprint density at radius 1 is 1.64 bits per heavy atom. The standard InChI is InChI=1S/C9H15NO/c1-2-8(7-10)6-9-4-3-5-11-9/h3-5,8H,2,6-7,10H2,1H3/t8-/m1/s1. The summed E-state index contributed by atoms with van der Waals surface area (Å²) in [5.41, 5.74) is 5.56. The Balaban J connectivity index is 2.41. The van der Waals surface area contributed by atoms with E-state index in [0.29, 0.717) is 5.92 Å². The molecule has 0 spiro atoms. The first-order chi connectivity index (χ1) is 5.36. The van der Waals surface area contributed by atoms with E-state index in [1.54, 1.807) is 6.26 Å². The molecule has 0 saturated carbocycles. The van der Waals surface area contributed by atoms with Crippen LogP contribution >= 0.6 is 0 Å². The van der Waals surface area contributed by atoms with Gasteiger partial charge in [-0.1, -0.05) is 13.3 Å². The molecule has 1 heterocycles. The van der Waals surface area contributed by atoms with Gasteiger partial charge < -0.3 is 10.2 Å². The van der Waals surface area contributed by atoms with Gasteiger partial charge in [-0.15, -0.1) is 0 Å². The molecule has 0 aliphatic heterocycles. The number of furan rings is 1. The lowest BCUT2D eigenvalue weighted by Gasteiger charge is -2.08. The van der Waals surface area contributed by atoms with Gasteiger partial charge in [0, 0.05) is 6.42 Å². The van der Waals surface area contributed by atoms with E-state index in [1.165, 1.54) is 0 Å². The van der Waals surface area contributed by atoms with E-state index in [2.05, 4.69) is 6.92 Å². The maximum absolute atomic E-state index is 5.56. The van der Waals surface area contributed by atoms with E-state index in [-0.39, 0.29) is 0 Å². The summed E-state index contributed by atoms with van der Waals surface area (Å²) in [6, 6.07) is 3.91. The molecule has 0 aliphatic carbocycles. The molecular weight excluding hydrogens is 138 g/mol. The van der Waals surface area contributed by atoms with Crippen molar-refractivity contribution in [1.29, 1.82) is 0 Å². The van der Waals surface area contributed by atoms with Crippen LogP contribution < -0.4 is 5.73 Å². The molecule has 1 aromatic heterocycles. The van der Waals surface area contributed by atoms with Gasteiger partial charge in [0.05, 0.1) is 6.26 Å². The molecule has 11 heavy (non-hydrogen) atoms. The Labute approximate surface area is 67.4 Å². The summed E-state index contributed by atoms with van der Waals surface area (Å²) < 4.78 is 5.21. The number of nitrogens with two attached hydrogens (primary N) is 1. The van der Waals surface area contributed by atoms with Crippen LogP contribution in [0.2, 0.25) is 0 Å². The fraction of sp³-hybridized carbons (Fsp3) is 0.556. The average molecular weight is 153 g/mol. The maximum atomic E-state index is 5.56. The first-order valence-electron chi connectivity index (χ1n) is 4.09. The summed E-state index contributed by atoms with van der Waals surface area (Å²) in [6.45, 7) is 2.90. The van der Waals surface area contributed by atoms with Gasteiger partial charge in [-0.3, -0.25) is 0 Å². The lowest BCUT2D eigenvalue weighted by Crippen LogP contribution is -2.15. The van der Waals surface area contributed by atoms with Crippen molar-refractivity contribution in [3.05, 3.63) is 24.2 Å². The van der Waals surface area contributed by atoms with E-state index < -0.39 is 0 Å². The molecule has 0 fully saturated rings. The average Bonchev–Trinajstić information content (AvgIpc) is 2.52. The minimum Gasteiger partial charge on any atom is -0.469 e. The van der Waals surface area contributed by atoms with Crippen molar-refractivity contribution in [3.8, 4) is 0 Å². The van der Waals surface area contributed by atoms with Crippen LogP contribution in [0, 0.1) is 5.92 Å². The molecule has 2 heteroatoms. The molecule has 2 N–H and O–H groups in total. The summed E-state index contributed by atoms with van der Waals surface area (Å²) in [4.78, 5) is 0. The molecule has 1 aromatic rings. The Morgan fingerprint density at radius 2 is 2.45 bits per heavy atom. The van der Waals surface area contributed by atoms with E-state index in [9.17, 15) is 0 Å². The molecule has 0 saturated heterocycles. The Kier molecular flexibility index (Phi) is 3.17. The SMILES string of the molecule is CC[C@@H](CN)Cc1ccco1. The number of hydrogen-bond donors (Lipinski definition) is 1. The number of rotatable bonds is 4. The zero-order valence-electron chi connectivity index (χ0n) is 6.92. The van der Waals surface area contributed by atoms with Crippen molar-refractivity contribution >= 4 is 0 Å². The van der Waals surface area contributed by atoms with Crippen molar-refractivity contribution in [2.75, 3.05) is 6.54 Å². The molecule has 1 rings (SSSR count). The van der Waals surface area contributed by atoms with Crippen molar-refractivity contribution in [3.63, 3.8) is 0 Å². The fourth-order valence-electron chi connectivity index (χ4n) is 1.11. The lowest BCUT2D eigenvalue weighted by atomic mass is 10.0. The van der Waals surface area contributed by atoms with Crippen LogP contribution in [0.1, 0.15) is 19.1 Å². The second-order valence-electron chi connectivity index (χ2n) is 2.79. The highest BCUT2D eigenvalue weighted by Gasteiger charge is 2.05. The van der Waals surface area contributed by atoms with Crippen molar-refractivity contribution in [2.45, 2.75) is 19.8 Å². The van der Waals surface area contributed by atoms with E-state index in [4.69, 9.17) is 10.2 Å². The molecule has 0 aromatic carbocycles. The normalized spacial score (nSPS) is 13.3. The highest BCUT2D eigenvalue weighted by molar-refractivity contribution is 4.99. The Bertz CT molecular complexity index is 177. The summed E-state index contributed by atoms with van der Waals surface area (Å²) >= 11 is 0. The third-order valence-electron chi connectivity index (χ3n) is 1.98. The van der Waals surface area contributed by atoms with Crippen LogP contribution in [0.4, 0.5) is 0 Å². The molecule has 62 valence electrons. The molecule has 2 nitrogen and oxygen atoms in total. The lowest BCUT2D eigenvalue weighted by molar-refractivity contribution is 0.434. The van der Waals surface area contributed by atoms with Gasteiger partial charge in [0.15, 0.2) is 0 Å². The summed E-state index contributed by atoms with van der Waals surface area (Å²) in [7, 11) is 0. The Morgan fingerprint density at radius 3 is 2.91 bits per heavy atom. The van der Waals surface area contributed by atoms with Crippen LogP contribution in [0.3, 0.4) is 0 Å². The molecule has 0 aliphatic rings. The van der Waals surface area contributed by atoms with Gasteiger partial charge >= 0.3 is 0 Å². The predicted molar refractivity (Wildman–Crippen MR) is 45.2 cm³/mol. The third-order valence-corrected chi connectivity index (χ3v) is 1.98. The second-order valence-corrected chi connectivity index (χ2v) is 2.79. The number of hydrogen-bond acceptors (Lipinski definition) is 2.